The van der Waals surface area contributed by atoms with E-state index < -0.39 is 6.04 Å². The summed E-state index contributed by atoms with van der Waals surface area (Å²) < 4.78 is 1.38. The van der Waals surface area contributed by atoms with Crippen LogP contribution in [-0.4, -0.2) is 41.3 Å². The number of carbonyl (C=O) groups excluding carboxylic acids is 1. The van der Waals surface area contributed by atoms with Gasteiger partial charge in [0.2, 0.25) is 5.95 Å². The molecule has 100 valence electrons. The largest absolute Gasteiger partial charge is 0.293 e. The monoisotopic (exact) mass is 270 g/mol. The number of H-pyrrole nitrogens is 1. The lowest BCUT2D eigenvalue weighted by Gasteiger charge is -2.15. The Morgan fingerprint density at radius 1 is 1.30 bits per heavy atom. The molecule has 2 N–H and O–H groups in total. The number of rotatable bonds is 4. The van der Waals surface area contributed by atoms with E-state index in [0.717, 1.165) is 5.56 Å². The molecule has 0 unspecified atom stereocenters. The van der Waals surface area contributed by atoms with Gasteiger partial charge in [0, 0.05) is 0 Å². The van der Waals surface area contributed by atoms with E-state index in [1.165, 1.54) is 17.3 Å². The fourth-order valence-electron chi connectivity index (χ4n) is 1.80. The summed E-state index contributed by atoms with van der Waals surface area (Å²) in [5.74, 6) is -0.0516. The highest BCUT2D eigenvalue weighted by Gasteiger charge is 2.24. The van der Waals surface area contributed by atoms with Crippen LogP contribution in [0.4, 0.5) is 5.95 Å². The molecule has 0 bridgehead atoms. The molecule has 9 heteroatoms. The molecule has 20 heavy (non-hydrogen) atoms. The normalized spacial score (nSPS) is 12.0. The zero-order valence-corrected chi connectivity index (χ0v) is 10.2. The molecule has 0 spiro atoms. The van der Waals surface area contributed by atoms with Gasteiger partial charge in [0.1, 0.15) is 12.7 Å². The van der Waals surface area contributed by atoms with Crippen molar-refractivity contribution < 1.29 is 4.79 Å². The standard InChI is InChI=1S/C11H10N8O/c20-10(15-11-12-6-13-16-11)9(19-7-14-17-18-19)8-4-2-1-3-5-8/h1-7,9H,(H2,12,13,15,16,20)/t9-/m0/s1. The van der Waals surface area contributed by atoms with Gasteiger partial charge in [0.15, 0.2) is 6.04 Å². The van der Waals surface area contributed by atoms with Crippen LogP contribution in [-0.2, 0) is 4.79 Å². The molecule has 0 saturated carbocycles. The highest BCUT2D eigenvalue weighted by molar-refractivity contribution is 5.94. The van der Waals surface area contributed by atoms with Crippen LogP contribution in [0, 0.1) is 0 Å². The topological polar surface area (TPSA) is 114 Å². The number of nitrogens with zero attached hydrogens (tertiary/aromatic N) is 6. The predicted molar refractivity (Wildman–Crippen MR) is 67.4 cm³/mol. The average molecular weight is 270 g/mol. The zero-order valence-electron chi connectivity index (χ0n) is 10.2. The summed E-state index contributed by atoms with van der Waals surface area (Å²) in [6.07, 6.45) is 2.70. The van der Waals surface area contributed by atoms with Gasteiger partial charge in [0.25, 0.3) is 5.91 Å². The maximum Gasteiger partial charge on any atom is 0.256 e. The molecular weight excluding hydrogens is 260 g/mol. The molecule has 3 aromatic rings. The van der Waals surface area contributed by atoms with Gasteiger partial charge in [-0.15, -0.1) is 5.10 Å². The summed E-state index contributed by atoms with van der Waals surface area (Å²) in [4.78, 5) is 16.2. The van der Waals surface area contributed by atoms with Crippen molar-refractivity contribution in [3.63, 3.8) is 0 Å². The summed E-state index contributed by atoms with van der Waals surface area (Å²) in [6.45, 7) is 0. The summed E-state index contributed by atoms with van der Waals surface area (Å²) in [5, 5.41) is 19.8. The molecule has 0 radical (unpaired) electrons. The minimum absolute atomic E-state index is 0.268. The number of aromatic amines is 1. The minimum atomic E-state index is -0.684. The van der Waals surface area contributed by atoms with Crippen LogP contribution in [0.2, 0.25) is 0 Å². The lowest BCUT2D eigenvalue weighted by Crippen LogP contribution is -2.28. The summed E-state index contributed by atoms with van der Waals surface area (Å²) >= 11 is 0. The second-order valence-electron chi connectivity index (χ2n) is 3.93. The molecule has 0 fully saturated rings. The zero-order chi connectivity index (χ0) is 13.8. The molecule has 9 nitrogen and oxygen atoms in total. The van der Waals surface area contributed by atoms with Crippen LogP contribution in [0.5, 0.6) is 0 Å². The van der Waals surface area contributed by atoms with Gasteiger partial charge in [-0.2, -0.15) is 10.1 Å². The number of aromatic nitrogens is 7. The van der Waals surface area contributed by atoms with Gasteiger partial charge < -0.3 is 0 Å². The van der Waals surface area contributed by atoms with Gasteiger partial charge in [0.05, 0.1) is 0 Å². The minimum Gasteiger partial charge on any atom is -0.293 e. The number of nitrogens with one attached hydrogen (secondary N) is 2. The summed E-state index contributed by atoms with van der Waals surface area (Å²) in [6, 6.07) is 8.52. The van der Waals surface area contributed by atoms with E-state index in [4.69, 9.17) is 0 Å². The number of hydrogen-bond acceptors (Lipinski definition) is 6. The van der Waals surface area contributed by atoms with E-state index in [-0.39, 0.29) is 11.9 Å². The van der Waals surface area contributed by atoms with Crippen LogP contribution in [0.1, 0.15) is 11.6 Å². The van der Waals surface area contributed by atoms with Crippen LogP contribution in [0.15, 0.2) is 43.0 Å². The van der Waals surface area contributed by atoms with Gasteiger partial charge >= 0.3 is 0 Å². The van der Waals surface area contributed by atoms with Crippen LogP contribution in [0.3, 0.4) is 0 Å². The lowest BCUT2D eigenvalue weighted by atomic mass is 10.1. The quantitative estimate of drug-likeness (QED) is 0.690. The second kappa shape index (κ2) is 5.26. The molecule has 1 atom stereocenters. The van der Waals surface area contributed by atoms with E-state index in [2.05, 4.69) is 36.0 Å². The Kier molecular flexibility index (Phi) is 3.15. The smallest absolute Gasteiger partial charge is 0.256 e. The predicted octanol–water partition coefficient (Wildman–Crippen LogP) is 0.0193. The highest BCUT2D eigenvalue weighted by Crippen LogP contribution is 2.18. The van der Waals surface area contributed by atoms with Crippen molar-refractivity contribution in [2.45, 2.75) is 6.04 Å². The number of anilines is 1. The van der Waals surface area contributed by atoms with Crippen molar-refractivity contribution in [2.24, 2.45) is 0 Å². The number of carbonyl (C=O) groups is 1. The molecule has 0 saturated heterocycles. The molecule has 1 amide bonds. The molecule has 0 aliphatic rings. The van der Waals surface area contributed by atoms with E-state index in [1.807, 2.05) is 30.3 Å². The van der Waals surface area contributed by atoms with Crippen molar-refractivity contribution in [3.8, 4) is 0 Å². The van der Waals surface area contributed by atoms with Crippen molar-refractivity contribution in [1.82, 2.24) is 35.4 Å². The molecule has 2 heterocycles. The highest BCUT2D eigenvalue weighted by atomic mass is 16.2. The van der Waals surface area contributed by atoms with E-state index in [0.29, 0.717) is 0 Å². The maximum absolute atomic E-state index is 12.4. The average Bonchev–Trinajstić information content (AvgIpc) is 3.14. The van der Waals surface area contributed by atoms with E-state index in [9.17, 15) is 4.79 Å². The third-order valence-corrected chi connectivity index (χ3v) is 2.65. The lowest BCUT2D eigenvalue weighted by molar-refractivity contribution is -0.118. The Hall–Kier alpha value is -3.10. The Morgan fingerprint density at radius 3 is 2.80 bits per heavy atom. The third-order valence-electron chi connectivity index (χ3n) is 2.65. The molecule has 0 aliphatic heterocycles. The first-order chi connectivity index (χ1) is 9.84. The van der Waals surface area contributed by atoms with E-state index >= 15 is 0 Å². The second-order valence-corrected chi connectivity index (χ2v) is 3.93. The van der Waals surface area contributed by atoms with Crippen molar-refractivity contribution in [2.75, 3.05) is 5.32 Å². The van der Waals surface area contributed by atoms with Crippen molar-refractivity contribution >= 4 is 11.9 Å². The summed E-state index contributed by atoms with van der Waals surface area (Å²) in [7, 11) is 0. The molecule has 0 aliphatic carbocycles. The Balaban J connectivity index is 1.92. The van der Waals surface area contributed by atoms with E-state index in [1.54, 1.807) is 0 Å². The fourth-order valence-corrected chi connectivity index (χ4v) is 1.80. The van der Waals surface area contributed by atoms with Gasteiger partial charge in [-0.1, -0.05) is 30.3 Å². The van der Waals surface area contributed by atoms with Gasteiger partial charge in [-0.05, 0) is 16.0 Å². The van der Waals surface area contributed by atoms with Crippen molar-refractivity contribution in [3.05, 3.63) is 48.5 Å². The molecule has 1 aromatic carbocycles. The van der Waals surface area contributed by atoms with Crippen LogP contribution in [0.25, 0.3) is 0 Å². The molecule has 2 aromatic heterocycles. The summed E-state index contributed by atoms with van der Waals surface area (Å²) in [5.41, 5.74) is 0.761. The number of hydrogen-bond donors (Lipinski definition) is 2. The fraction of sp³-hybridized carbons (Fsp3) is 0.0909. The van der Waals surface area contributed by atoms with Gasteiger partial charge in [-0.3, -0.25) is 10.1 Å². The van der Waals surface area contributed by atoms with Crippen LogP contribution < -0.4 is 5.32 Å². The van der Waals surface area contributed by atoms with Gasteiger partial charge in [-0.25, -0.2) is 9.78 Å². The van der Waals surface area contributed by atoms with Crippen molar-refractivity contribution in [1.29, 1.82) is 0 Å². The Bertz CT molecular complexity index is 664. The molecular formula is C11H10N8O. The first-order valence-corrected chi connectivity index (χ1v) is 5.78. The SMILES string of the molecule is O=C(Nc1ncn[nH]1)[C@H](c1ccccc1)n1cnnn1. The number of benzene rings is 1. The maximum atomic E-state index is 12.4. The first-order valence-electron chi connectivity index (χ1n) is 5.78. The third kappa shape index (κ3) is 2.36. The Labute approximate surface area is 113 Å². The first kappa shape index (κ1) is 12.0. The Morgan fingerprint density at radius 2 is 2.15 bits per heavy atom. The number of tetrazole rings is 1. The van der Waals surface area contributed by atoms with Crippen LogP contribution >= 0.6 is 0 Å². The molecule has 3 rings (SSSR count). The number of amides is 1.